The van der Waals surface area contributed by atoms with Crippen LogP contribution in [0.3, 0.4) is 0 Å². The average Bonchev–Trinajstić information content (AvgIpc) is 3.35. The minimum Gasteiger partial charge on any atom is -0.444 e. The van der Waals surface area contributed by atoms with Crippen molar-refractivity contribution in [2.24, 2.45) is 5.92 Å². The summed E-state index contributed by atoms with van der Waals surface area (Å²) in [5.74, 6) is 0.349. The SMILES string of the molecule is CC(C)(C)OC(=O)N1CC[C@H]2CCN(C(=O)c3ccccc3-n3nccn3)C[C@H]21. The van der Waals surface area contributed by atoms with E-state index in [0.29, 0.717) is 36.8 Å². The van der Waals surface area contributed by atoms with Crippen molar-refractivity contribution in [1.29, 1.82) is 0 Å². The lowest BCUT2D eigenvalue weighted by Crippen LogP contribution is -2.52. The van der Waals surface area contributed by atoms with Gasteiger partial charge in [-0.05, 0) is 51.7 Å². The van der Waals surface area contributed by atoms with Crippen LogP contribution in [0.4, 0.5) is 4.79 Å². The summed E-state index contributed by atoms with van der Waals surface area (Å²) in [4.78, 5) is 31.1. The Morgan fingerprint density at radius 3 is 2.48 bits per heavy atom. The molecule has 3 heterocycles. The Kier molecular flexibility index (Phi) is 5.02. The van der Waals surface area contributed by atoms with Crippen LogP contribution >= 0.6 is 0 Å². The highest BCUT2D eigenvalue weighted by Gasteiger charge is 2.43. The predicted octanol–water partition coefficient (Wildman–Crippen LogP) is 2.74. The van der Waals surface area contributed by atoms with Crippen LogP contribution in [0.1, 0.15) is 44.0 Å². The average molecular weight is 397 g/mol. The molecule has 154 valence electrons. The van der Waals surface area contributed by atoms with Crippen molar-refractivity contribution in [3.63, 3.8) is 0 Å². The van der Waals surface area contributed by atoms with Crippen LogP contribution in [0.5, 0.6) is 0 Å². The lowest BCUT2D eigenvalue weighted by atomic mass is 9.91. The van der Waals surface area contributed by atoms with E-state index in [1.165, 1.54) is 4.80 Å². The van der Waals surface area contributed by atoms with Gasteiger partial charge in [-0.25, -0.2) is 4.79 Å². The molecule has 0 radical (unpaired) electrons. The maximum atomic E-state index is 13.3. The number of ether oxygens (including phenoxy) is 1. The molecule has 2 saturated heterocycles. The van der Waals surface area contributed by atoms with Gasteiger partial charge in [0.25, 0.3) is 5.91 Å². The molecular formula is C21H27N5O3. The first-order valence-electron chi connectivity index (χ1n) is 10.1. The number of carbonyl (C=O) groups is 2. The number of hydrogen-bond donors (Lipinski definition) is 0. The topological polar surface area (TPSA) is 80.6 Å². The molecule has 4 rings (SSSR count). The van der Waals surface area contributed by atoms with Crippen LogP contribution < -0.4 is 0 Å². The summed E-state index contributed by atoms with van der Waals surface area (Å²) in [6.45, 7) is 7.49. The second-order valence-electron chi connectivity index (χ2n) is 8.67. The van der Waals surface area contributed by atoms with Crippen molar-refractivity contribution in [2.75, 3.05) is 19.6 Å². The van der Waals surface area contributed by atoms with Crippen LogP contribution in [-0.2, 0) is 4.74 Å². The van der Waals surface area contributed by atoms with Gasteiger partial charge in [-0.2, -0.15) is 15.0 Å². The molecule has 29 heavy (non-hydrogen) atoms. The van der Waals surface area contributed by atoms with Gasteiger partial charge in [0.1, 0.15) is 5.60 Å². The van der Waals surface area contributed by atoms with Gasteiger partial charge < -0.3 is 14.5 Å². The number of likely N-dealkylation sites (tertiary alicyclic amines) is 2. The molecule has 2 aliphatic rings. The van der Waals surface area contributed by atoms with E-state index in [1.807, 2.05) is 43.9 Å². The molecule has 0 saturated carbocycles. The highest BCUT2D eigenvalue weighted by molar-refractivity contribution is 5.97. The van der Waals surface area contributed by atoms with E-state index >= 15 is 0 Å². The normalized spacial score (nSPS) is 21.8. The monoisotopic (exact) mass is 397 g/mol. The molecule has 0 spiro atoms. The Labute approximate surface area is 170 Å². The highest BCUT2D eigenvalue weighted by atomic mass is 16.6. The summed E-state index contributed by atoms with van der Waals surface area (Å²) in [5, 5.41) is 8.33. The third-order valence-electron chi connectivity index (χ3n) is 5.55. The summed E-state index contributed by atoms with van der Waals surface area (Å²) in [7, 11) is 0. The Balaban J connectivity index is 1.53. The molecule has 2 aliphatic heterocycles. The van der Waals surface area contributed by atoms with E-state index in [0.717, 1.165) is 12.8 Å². The van der Waals surface area contributed by atoms with Crippen LogP contribution in [0.25, 0.3) is 5.69 Å². The lowest BCUT2D eigenvalue weighted by molar-refractivity contribution is 0.0122. The van der Waals surface area contributed by atoms with E-state index in [9.17, 15) is 9.59 Å². The van der Waals surface area contributed by atoms with Crippen molar-refractivity contribution in [2.45, 2.75) is 45.3 Å². The minimum absolute atomic E-state index is 0.00228. The van der Waals surface area contributed by atoms with Gasteiger partial charge in [-0.3, -0.25) is 4.79 Å². The molecule has 0 bridgehead atoms. The second kappa shape index (κ2) is 7.50. The molecule has 2 aromatic rings. The number of piperidine rings is 1. The number of carbonyl (C=O) groups excluding carboxylic acids is 2. The third-order valence-corrected chi connectivity index (χ3v) is 5.55. The molecule has 0 N–H and O–H groups in total. The fourth-order valence-electron chi connectivity index (χ4n) is 4.21. The predicted molar refractivity (Wildman–Crippen MR) is 107 cm³/mol. The summed E-state index contributed by atoms with van der Waals surface area (Å²) in [6.07, 6.45) is 4.73. The second-order valence-corrected chi connectivity index (χ2v) is 8.67. The van der Waals surface area contributed by atoms with Crippen molar-refractivity contribution in [3.8, 4) is 5.69 Å². The molecule has 2 amide bonds. The van der Waals surface area contributed by atoms with Crippen LogP contribution in [0.2, 0.25) is 0 Å². The first-order chi connectivity index (χ1) is 13.8. The molecule has 1 aromatic heterocycles. The van der Waals surface area contributed by atoms with E-state index in [4.69, 9.17) is 4.74 Å². The zero-order valence-electron chi connectivity index (χ0n) is 17.1. The number of nitrogens with zero attached hydrogens (tertiary/aromatic N) is 5. The number of rotatable bonds is 2. The molecule has 8 heteroatoms. The van der Waals surface area contributed by atoms with Crippen molar-refractivity contribution >= 4 is 12.0 Å². The first kappa shape index (κ1) is 19.4. The van der Waals surface area contributed by atoms with Crippen LogP contribution in [0.15, 0.2) is 36.7 Å². The standard InChI is InChI=1S/C21H27N5O3/c1-21(2,3)29-20(28)25-13-9-15-8-12-24(14-18(15)25)19(27)16-6-4-5-7-17(16)26-22-10-11-23-26/h4-7,10-11,15,18H,8-9,12-14H2,1-3H3/t15-,18-/m1/s1. The number of hydrogen-bond acceptors (Lipinski definition) is 5. The van der Waals surface area contributed by atoms with Gasteiger partial charge in [-0.1, -0.05) is 12.1 Å². The summed E-state index contributed by atoms with van der Waals surface area (Å²) in [6, 6.07) is 7.34. The van der Waals surface area contributed by atoms with Gasteiger partial charge >= 0.3 is 6.09 Å². The van der Waals surface area contributed by atoms with Crippen molar-refractivity contribution in [1.82, 2.24) is 24.8 Å². The third kappa shape index (κ3) is 3.97. The van der Waals surface area contributed by atoms with Gasteiger partial charge in [0.15, 0.2) is 0 Å². The van der Waals surface area contributed by atoms with Gasteiger partial charge in [0, 0.05) is 19.6 Å². The fraction of sp³-hybridized carbons (Fsp3) is 0.524. The fourth-order valence-corrected chi connectivity index (χ4v) is 4.21. The quantitative estimate of drug-likeness (QED) is 0.778. The van der Waals surface area contributed by atoms with Gasteiger partial charge in [0.05, 0.1) is 29.7 Å². The summed E-state index contributed by atoms with van der Waals surface area (Å²) >= 11 is 0. The molecular weight excluding hydrogens is 370 g/mol. The lowest BCUT2D eigenvalue weighted by Gasteiger charge is -2.38. The summed E-state index contributed by atoms with van der Waals surface area (Å²) < 4.78 is 5.58. The number of para-hydroxylation sites is 1. The maximum absolute atomic E-state index is 13.3. The molecule has 2 atom stereocenters. The van der Waals surface area contributed by atoms with Gasteiger partial charge in [-0.15, -0.1) is 0 Å². The Bertz CT molecular complexity index is 890. The van der Waals surface area contributed by atoms with E-state index in [2.05, 4.69) is 10.2 Å². The molecule has 2 fully saturated rings. The number of aromatic nitrogens is 3. The maximum Gasteiger partial charge on any atom is 0.410 e. The largest absolute Gasteiger partial charge is 0.444 e. The van der Waals surface area contributed by atoms with E-state index < -0.39 is 5.60 Å². The van der Waals surface area contributed by atoms with Crippen LogP contribution in [0, 0.1) is 5.92 Å². The molecule has 0 aliphatic carbocycles. The van der Waals surface area contributed by atoms with Crippen LogP contribution in [-0.4, -0.2) is 68.1 Å². The van der Waals surface area contributed by atoms with E-state index in [-0.39, 0.29) is 18.0 Å². The van der Waals surface area contributed by atoms with Crippen molar-refractivity contribution < 1.29 is 14.3 Å². The Morgan fingerprint density at radius 2 is 1.76 bits per heavy atom. The smallest absolute Gasteiger partial charge is 0.410 e. The zero-order valence-corrected chi connectivity index (χ0v) is 17.1. The Hall–Kier alpha value is -2.90. The number of amides is 2. The van der Waals surface area contributed by atoms with Gasteiger partial charge in [0.2, 0.25) is 0 Å². The Morgan fingerprint density at radius 1 is 1.07 bits per heavy atom. The summed E-state index contributed by atoms with van der Waals surface area (Å²) in [5.41, 5.74) is 0.679. The number of benzene rings is 1. The zero-order chi connectivity index (χ0) is 20.6. The number of fused-ring (bicyclic) bond motifs is 1. The highest BCUT2D eigenvalue weighted by Crippen LogP contribution is 2.33. The van der Waals surface area contributed by atoms with Crippen molar-refractivity contribution in [3.05, 3.63) is 42.2 Å². The molecule has 1 aromatic carbocycles. The first-order valence-corrected chi connectivity index (χ1v) is 10.1. The minimum atomic E-state index is -0.533. The molecule has 8 nitrogen and oxygen atoms in total. The molecule has 0 unspecified atom stereocenters. The van der Waals surface area contributed by atoms with E-state index in [1.54, 1.807) is 23.4 Å².